The largest absolute Gasteiger partial charge is 0.478 e. The first-order valence-electron chi connectivity index (χ1n) is 6.51. The van der Waals surface area contributed by atoms with E-state index in [4.69, 9.17) is 35.7 Å². The number of carbonyl (C=O) groups is 3. The van der Waals surface area contributed by atoms with Crippen LogP contribution in [0.3, 0.4) is 0 Å². The number of carbonyl (C=O) groups excluding carboxylic acids is 1. The Morgan fingerprint density at radius 3 is 1.62 bits per heavy atom. The molecule has 0 amide bonds. The Bertz CT molecular complexity index is 525. The molecule has 0 aliphatic heterocycles. The molecule has 0 fully saturated rings. The summed E-state index contributed by atoms with van der Waals surface area (Å²) < 4.78 is 0. The van der Waals surface area contributed by atoms with Crippen LogP contribution in [0.25, 0.3) is 0 Å². The Morgan fingerprint density at radius 2 is 1.33 bits per heavy atom. The lowest BCUT2D eigenvalue weighted by atomic mass is 10.0. The minimum Gasteiger partial charge on any atom is -0.478 e. The van der Waals surface area contributed by atoms with Crippen molar-refractivity contribution < 1.29 is 50.1 Å². The van der Waals surface area contributed by atoms with Gasteiger partial charge in [0.2, 0.25) is 0 Å². The second-order valence-corrected chi connectivity index (χ2v) is 4.51. The fourth-order valence-electron chi connectivity index (χ4n) is 1.47. The Kier molecular flexibility index (Phi) is 9.38. The molecule has 0 bridgehead atoms. The van der Waals surface area contributed by atoms with E-state index in [1.54, 1.807) is 0 Å². The first-order valence-corrected chi connectivity index (χ1v) is 6.51. The lowest BCUT2D eigenvalue weighted by Crippen LogP contribution is -2.46. The smallest absolute Gasteiger partial charge is 0.336 e. The van der Waals surface area contributed by atoms with Gasteiger partial charge < -0.3 is 40.5 Å². The minimum atomic E-state index is -1.79. The molecule has 1 aromatic carbocycles. The number of hydrogen-bond acceptors (Lipinski definition) is 8. The molecule has 0 heterocycles. The second-order valence-electron chi connectivity index (χ2n) is 4.51. The molecule has 134 valence electrons. The zero-order valence-corrected chi connectivity index (χ0v) is 12.3. The third-order valence-corrected chi connectivity index (χ3v) is 2.81. The summed E-state index contributed by atoms with van der Waals surface area (Å²) in [5.41, 5.74) is -0.380. The van der Waals surface area contributed by atoms with Crippen LogP contribution in [0.1, 0.15) is 20.7 Å². The number of aldehydes is 1. The Morgan fingerprint density at radius 1 is 0.917 bits per heavy atom. The van der Waals surface area contributed by atoms with E-state index in [2.05, 4.69) is 0 Å². The van der Waals surface area contributed by atoms with Crippen LogP contribution in [0.15, 0.2) is 24.3 Å². The SMILES string of the molecule is O=C(O)c1ccccc1C(=O)O.O=CC(O)C(O)C(O)C(O)CO. The quantitative estimate of drug-likeness (QED) is 0.264. The summed E-state index contributed by atoms with van der Waals surface area (Å²) in [5.74, 6) is -2.46. The Hall–Kier alpha value is -2.37. The maximum absolute atomic E-state index is 10.5. The van der Waals surface area contributed by atoms with Crippen molar-refractivity contribution in [3.05, 3.63) is 35.4 Å². The monoisotopic (exact) mass is 346 g/mol. The molecule has 24 heavy (non-hydrogen) atoms. The molecular formula is C14H18O10. The molecule has 0 aliphatic carbocycles. The van der Waals surface area contributed by atoms with Crippen LogP contribution in [0.4, 0.5) is 0 Å². The van der Waals surface area contributed by atoms with Gasteiger partial charge in [0.15, 0.2) is 6.29 Å². The number of carboxylic acids is 2. The Balaban J connectivity index is 0.000000441. The summed E-state index contributed by atoms with van der Waals surface area (Å²) in [6, 6.07) is 5.48. The highest BCUT2D eigenvalue weighted by molar-refractivity contribution is 6.01. The topological polar surface area (TPSA) is 193 Å². The van der Waals surface area contributed by atoms with Gasteiger partial charge in [-0.25, -0.2) is 9.59 Å². The van der Waals surface area contributed by atoms with Crippen molar-refractivity contribution >= 4 is 18.2 Å². The van der Waals surface area contributed by atoms with E-state index in [0.717, 1.165) is 0 Å². The van der Waals surface area contributed by atoms with Crippen molar-refractivity contribution in [2.45, 2.75) is 24.4 Å². The van der Waals surface area contributed by atoms with Crippen LogP contribution in [0.5, 0.6) is 0 Å². The van der Waals surface area contributed by atoms with E-state index in [0.29, 0.717) is 0 Å². The fraction of sp³-hybridized carbons (Fsp3) is 0.357. The molecular weight excluding hydrogens is 328 g/mol. The number of aromatic carboxylic acids is 2. The van der Waals surface area contributed by atoms with Gasteiger partial charge in [0.05, 0.1) is 17.7 Å². The van der Waals surface area contributed by atoms with E-state index in [1.165, 1.54) is 24.3 Å². The first-order chi connectivity index (χ1) is 11.2. The number of hydrogen-bond donors (Lipinski definition) is 7. The van der Waals surface area contributed by atoms with E-state index in [9.17, 15) is 14.4 Å². The molecule has 4 unspecified atom stereocenters. The average molecular weight is 346 g/mol. The second kappa shape index (κ2) is 10.4. The molecule has 7 N–H and O–H groups in total. The standard InChI is InChI=1S/C8H6O4.C6H12O6/c9-7(10)5-3-1-2-4-6(5)8(11)12;7-1-3(9)5(11)6(12)4(10)2-8/h1-4H,(H,9,10)(H,11,12);1,3-6,8-12H,2H2. The lowest BCUT2D eigenvalue weighted by Gasteiger charge is -2.22. The van der Waals surface area contributed by atoms with Crippen molar-refractivity contribution in [3.63, 3.8) is 0 Å². The fourth-order valence-corrected chi connectivity index (χ4v) is 1.47. The predicted octanol–water partition coefficient (Wildman–Crippen LogP) is -2.30. The van der Waals surface area contributed by atoms with Crippen molar-refractivity contribution in [1.29, 1.82) is 0 Å². The number of benzene rings is 1. The summed E-state index contributed by atoms with van der Waals surface area (Å²) in [5, 5.41) is 60.6. The van der Waals surface area contributed by atoms with Gasteiger partial charge in [-0.3, -0.25) is 0 Å². The van der Waals surface area contributed by atoms with Crippen molar-refractivity contribution in [2.24, 2.45) is 0 Å². The van der Waals surface area contributed by atoms with Crippen LogP contribution >= 0.6 is 0 Å². The number of rotatable bonds is 7. The van der Waals surface area contributed by atoms with Gasteiger partial charge in [0, 0.05) is 0 Å². The Labute approximate surface area is 135 Å². The highest BCUT2D eigenvalue weighted by Crippen LogP contribution is 2.07. The number of aliphatic hydroxyl groups excluding tert-OH is 5. The molecule has 0 spiro atoms. The third kappa shape index (κ3) is 6.40. The minimum absolute atomic E-state index is 0.0258. The summed E-state index contributed by atoms with van der Waals surface area (Å²) in [4.78, 5) is 30.8. The number of carboxylic acid groups (broad SMARTS) is 2. The van der Waals surface area contributed by atoms with Gasteiger partial charge in [-0.05, 0) is 12.1 Å². The van der Waals surface area contributed by atoms with E-state index in [-0.39, 0.29) is 17.4 Å². The lowest BCUT2D eigenvalue weighted by molar-refractivity contribution is -0.136. The molecule has 0 radical (unpaired) electrons. The van der Waals surface area contributed by atoms with E-state index in [1.807, 2.05) is 0 Å². The maximum Gasteiger partial charge on any atom is 0.336 e. The van der Waals surface area contributed by atoms with Crippen LogP contribution in [-0.2, 0) is 4.79 Å². The van der Waals surface area contributed by atoms with Gasteiger partial charge in [0.25, 0.3) is 0 Å². The van der Waals surface area contributed by atoms with Gasteiger partial charge in [0.1, 0.15) is 24.4 Å². The molecule has 0 aliphatic rings. The van der Waals surface area contributed by atoms with Gasteiger partial charge in [-0.15, -0.1) is 0 Å². The van der Waals surface area contributed by atoms with Gasteiger partial charge in [-0.1, -0.05) is 12.1 Å². The normalized spacial score (nSPS) is 15.2. The zero-order valence-electron chi connectivity index (χ0n) is 12.3. The summed E-state index contributed by atoms with van der Waals surface area (Å²) in [6.07, 6.45) is -6.84. The van der Waals surface area contributed by atoms with Crippen LogP contribution < -0.4 is 0 Å². The van der Waals surface area contributed by atoms with Crippen LogP contribution in [0, 0.1) is 0 Å². The molecule has 4 atom stereocenters. The first kappa shape index (κ1) is 21.6. The van der Waals surface area contributed by atoms with Gasteiger partial charge >= 0.3 is 11.9 Å². The van der Waals surface area contributed by atoms with Crippen LogP contribution in [0.2, 0.25) is 0 Å². The molecule has 0 saturated carbocycles. The van der Waals surface area contributed by atoms with Crippen molar-refractivity contribution in [3.8, 4) is 0 Å². The highest BCUT2D eigenvalue weighted by atomic mass is 16.4. The van der Waals surface area contributed by atoms with Crippen LogP contribution in [-0.4, -0.2) is 85.0 Å². The van der Waals surface area contributed by atoms with Crippen molar-refractivity contribution in [2.75, 3.05) is 6.61 Å². The van der Waals surface area contributed by atoms with E-state index < -0.39 is 43.0 Å². The zero-order chi connectivity index (χ0) is 18.9. The third-order valence-electron chi connectivity index (χ3n) is 2.81. The highest BCUT2D eigenvalue weighted by Gasteiger charge is 2.29. The van der Waals surface area contributed by atoms with E-state index >= 15 is 0 Å². The molecule has 0 aromatic heterocycles. The molecule has 1 aromatic rings. The summed E-state index contributed by atoms with van der Waals surface area (Å²) in [6.45, 7) is -0.760. The predicted molar refractivity (Wildman–Crippen MR) is 77.5 cm³/mol. The summed E-state index contributed by atoms with van der Waals surface area (Å²) >= 11 is 0. The number of aliphatic hydroxyl groups is 5. The molecule has 10 nitrogen and oxygen atoms in total. The van der Waals surface area contributed by atoms with Gasteiger partial charge in [-0.2, -0.15) is 0 Å². The average Bonchev–Trinajstić information content (AvgIpc) is 2.59. The molecule has 10 heteroatoms. The summed E-state index contributed by atoms with van der Waals surface area (Å²) in [7, 11) is 0. The molecule has 1 rings (SSSR count). The maximum atomic E-state index is 10.5. The van der Waals surface area contributed by atoms with Crippen molar-refractivity contribution in [1.82, 2.24) is 0 Å². The molecule has 0 saturated heterocycles.